The molecule has 1 heterocycles. The van der Waals surface area contributed by atoms with Crippen molar-refractivity contribution in [2.24, 2.45) is 0 Å². The van der Waals surface area contributed by atoms with Gasteiger partial charge in [0.05, 0.1) is 6.61 Å². The number of alkyl halides is 3. The summed E-state index contributed by atoms with van der Waals surface area (Å²) in [5.41, 5.74) is 5.59. The first-order valence-corrected chi connectivity index (χ1v) is 6.00. The number of hydrogen-bond donors (Lipinski definition) is 2. The van der Waals surface area contributed by atoms with Crippen LogP contribution in [0.15, 0.2) is 6.07 Å². The van der Waals surface area contributed by atoms with Crippen molar-refractivity contribution in [1.82, 2.24) is 9.97 Å². The quantitative estimate of drug-likeness (QED) is 0.708. The average Bonchev–Trinajstić information content (AvgIpc) is 2.34. The van der Waals surface area contributed by atoms with Gasteiger partial charge in [-0.15, -0.1) is 0 Å². The number of rotatable bonds is 8. The molecule has 0 radical (unpaired) electrons. The molecular formula is C11H17F3N4O2. The summed E-state index contributed by atoms with van der Waals surface area (Å²) in [5.74, 6) is 1.08. The van der Waals surface area contributed by atoms with Crippen molar-refractivity contribution in [3.63, 3.8) is 0 Å². The zero-order valence-electron chi connectivity index (χ0n) is 11.0. The maximum Gasteiger partial charge on any atom is 0.411 e. The van der Waals surface area contributed by atoms with E-state index in [0.29, 0.717) is 18.2 Å². The van der Waals surface area contributed by atoms with Crippen LogP contribution in [0.2, 0.25) is 0 Å². The van der Waals surface area contributed by atoms with Crippen LogP contribution in [-0.4, -0.2) is 42.5 Å². The van der Waals surface area contributed by atoms with Crippen LogP contribution in [0.3, 0.4) is 0 Å². The molecule has 0 spiro atoms. The van der Waals surface area contributed by atoms with Gasteiger partial charge in [-0.25, -0.2) is 9.97 Å². The first-order chi connectivity index (χ1) is 9.40. The molecule has 0 aliphatic carbocycles. The van der Waals surface area contributed by atoms with Gasteiger partial charge in [0, 0.05) is 19.2 Å². The summed E-state index contributed by atoms with van der Waals surface area (Å²) in [6.07, 6.45) is -4.32. The minimum absolute atomic E-state index is 0.0930. The van der Waals surface area contributed by atoms with Gasteiger partial charge in [-0.1, -0.05) is 0 Å². The van der Waals surface area contributed by atoms with E-state index in [-0.39, 0.29) is 25.6 Å². The molecule has 1 aromatic rings. The Labute approximate surface area is 114 Å². The third-order valence-electron chi connectivity index (χ3n) is 2.05. The normalized spacial score (nSPS) is 11.6. The molecule has 0 unspecified atom stereocenters. The lowest BCUT2D eigenvalue weighted by Crippen LogP contribution is -2.20. The fourth-order valence-corrected chi connectivity index (χ4v) is 1.31. The van der Waals surface area contributed by atoms with E-state index in [0.717, 1.165) is 0 Å². The van der Waals surface area contributed by atoms with Gasteiger partial charge >= 0.3 is 6.18 Å². The van der Waals surface area contributed by atoms with Crippen LogP contribution >= 0.6 is 0 Å². The molecule has 1 aromatic heterocycles. The fourth-order valence-electron chi connectivity index (χ4n) is 1.31. The van der Waals surface area contributed by atoms with E-state index < -0.39 is 12.8 Å². The van der Waals surface area contributed by atoms with E-state index in [4.69, 9.17) is 10.5 Å². The number of anilines is 2. The zero-order chi connectivity index (χ0) is 15.0. The van der Waals surface area contributed by atoms with Crippen LogP contribution in [-0.2, 0) is 16.1 Å². The molecule has 0 atom stereocenters. The van der Waals surface area contributed by atoms with Gasteiger partial charge in [-0.05, 0) is 6.92 Å². The summed E-state index contributed by atoms with van der Waals surface area (Å²) < 4.78 is 45.1. The Morgan fingerprint density at radius 3 is 2.70 bits per heavy atom. The highest BCUT2D eigenvalue weighted by atomic mass is 19.4. The van der Waals surface area contributed by atoms with E-state index in [1.54, 1.807) is 0 Å². The number of nitrogens with two attached hydrogens (primary N) is 1. The molecule has 0 amide bonds. The Kier molecular flexibility index (Phi) is 6.46. The van der Waals surface area contributed by atoms with Gasteiger partial charge in [-0.2, -0.15) is 13.2 Å². The molecule has 0 aliphatic heterocycles. The molecular weight excluding hydrogens is 277 g/mol. The molecule has 0 aliphatic rings. The molecule has 6 nitrogen and oxygen atoms in total. The van der Waals surface area contributed by atoms with Crippen LogP contribution in [0.25, 0.3) is 0 Å². The summed E-state index contributed by atoms with van der Waals surface area (Å²) >= 11 is 0. The van der Waals surface area contributed by atoms with Crippen molar-refractivity contribution in [2.75, 3.05) is 37.4 Å². The van der Waals surface area contributed by atoms with Gasteiger partial charge in [0.1, 0.15) is 24.8 Å². The van der Waals surface area contributed by atoms with Gasteiger partial charge < -0.3 is 20.5 Å². The van der Waals surface area contributed by atoms with E-state index in [2.05, 4.69) is 20.0 Å². The van der Waals surface area contributed by atoms with Gasteiger partial charge in [0.25, 0.3) is 0 Å². The van der Waals surface area contributed by atoms with Crippen molar-refractivity contribution in [2.45, 2.75) is 19.7 Å². The Bertz CT molecular complexity index is 415. The number of nitrogens with zero attached hydrogens (tertiary/aromatic N) is 2. The van der Waals surface area contributed by atoms with Gasteiger partial charge in [-0.3, -0.25) is 0 Å². The maximum atomic E-state index is 11.8. The van der Waals surface area contributed by atoms with Crippen LogP contribution < -0.4 is 11.1 Å². The molecule has 0 fully saturated rings. The van der Waals surface area contributed by atoms with E-state index >= 15 is 0 Å². The molecule has 0 saturated heterocycles. The third-order valence-corrected chi connectivity index (χ3v) is 2.05. The van der Waals surface area contributed by atoms with Crippen molar-refractivity contribution < 1.29 is 22.6 Å². The number of ether oxygens (including phenoxy) is 2. The van der Waals surface area contributed by atoms with Crippen molar-refractivity contribution in [1.29, 1.82) is 0 Å². The molecule has 0 aromatic carbocycles. The number of aromatic nitrogens is 2. The summed E-state index contributed by atoms with van der Waals surface area (Å²) in [6, 6.07) is 1.49. The lowest BCUT2D eigenvalue weighted by atomic mass is 10.4. The molecule has 0 bridgehead atoms. The lowest BCUT2D eigenvalue weighted by molar-refractivity contribution is -0.172. The third kappa shape index (κ3) is 7.10. The largest absolute Gasteiger partial charge is 0.411 e. The molecule has 114 valence electrons. The van der Waals surface area contributed by atoms with E-state index in [9.17, 15) is 13.2 Å². The second kappa shape index (κ2) is 7.85. The first-order valence-electron chi connectivity index (χ1n) is 6.00. The Balaban J connectivity index is 2.37. The maximum absolute atomic E-state index is 11.8. The number of nitrogen functional groups attached to an aromatic ring is 1. The minimum atomic E-state index is -4.32. The highest BCUT2D eigenvalue weighted by molar-refractivity contribution is 5.44. The minimum Gasteiger partial charge on any atom is -0.384 e. The highest BCUT2D eigenvalue weighted by Gasteiger charge is 2.27. The summed E-state index contributed by atoms with van der Waals surface area (Å²) in [4.78, 5) is 8.08. The monoisotopic (exact) mass is 294 g/mol. The van der Waals surface area contributed by atoms with Crippen molar-refractivity contribution in [3.05, 3.63) is 11.9 Å². The van der Waals surface area contributed by atoms with Crippen LogP contribution in [0.4, 0.5) is 24.8 Å². The Hall–Kier alpha value is -1.61. The first kappa shape index (κ1) is 16.4. The molecule has 1 rings (SSSR count). The second-order valence-electron chi connectivity index (χ2n) is 3.83. The topological polar surface area (TPSA) is 82.3 Å². The smallest absolute Gasteiger partial charge is 0.384 e. The Morgan fingerprint density at radius 2 is 2.05 bits per heavy atom. The van der Waals surface area contributed by atoms with Crippen LogP contribution in [0, 0.1) is 0 Å². The average molecular weight is 294 g/mol. The lowest BCUT2D eigenvalue weighted by Gasteiger charge is -2.10. The molecule has 9 heteroatoms. The second-order valence-corrected chi connectivity index (χ2v) is 3.83. The van der Waals surface area contributed by atoms with Crippen LogP contribution in [0.5, 0.6) is 0 Å². The standard InChI is InChI=1S/C11H17F3N4O2/c1-2-19-6-10-17-8(15)5-9(18-10)16-3-4-20-7-11(12,13)14/h5H,2-4,6-7H2,1H3,(H3,15,16,17,18). The van der Waals surface area contributed by atoms with E-state index in [1.807, 2.05) is 6.92 Å². The van der Waals surface area contributed by atoms with E-state index in [1.165, 1.54) is 6.07 Å². The predicted octanol–water partition coefficient (Wildman–Crippen LogP) is 1.59. The summed E-state index contributed by atoms with van der Waals surface area (Å²) in [7, 11) is 0. The molecule has 20 heavy (non-hydrogen) atoms. The van der Waals surface area contributed by atoms with Gasteiger partial charge in [0.2, 0.25) is 0 Å². The highest BCUT2D eigenvalue weighted by Crippen LogP contribution is 2.14. The SMILES string of the molecule is CCOCc1nc(N)cc(NCCOCC(F)(F)F)n1. The van der Waals surface area contributed by atoms with Crippen molar-refractivity contribution >= 4 is 11.6 Å². The number of hydrogen-bond acceptors (Lipinski definition) is 6. The molecule has 0 saturated carbocycles. The predicted molar refractivity (Wildman–Crippen MR) is 67.1 cm³/mol. The van der Waals surface area contributed by atoms with Crippen molar-refractivity contribution in [3.8, 4) is 0 Å². The zero-order valence-corrected chi connectivity index (χ0v) is 11.0. The van der Waals surface area contributed by atoms with Crippen LogP contribution in [0.1, 0.15) is 12.7 Å². The number of nitrogens with one attached hydrogen (secondary N) is 1. The molecule has 3 N–H and O–H groups in total. The van der Waals surface area contributed by atoms with Gasteiger partial charge in [0.15, 0.2) is 5.82 Å². The summed E-state index contributed by atoms with van der Waals surface area (Å²) in [6.45, 7) is 1.40. The fraction of sp³-hybridized carbons (Fsp3) is 0.636. The number of halogens is 3. The summed E-state index contributed by atoms with van der Waals surface area (Å²) in [5, 5.41) is 2.81. The Morgan fingerprint density at radius 1 is 1.30 bits per heavy atom.